The van der Waals surface area contributed by atoms with E-state index in [9.17, 15) is 76.3 Å². The van der Waals surface area contributed by atoms with Gasteiger partial charge in [0, 0.05) is 30.1 Å². The molecule has 7 saturated heterocycles. The highest BCUT2D eigenvalue weighted by atomic mass is 16.8. The zero-order valence-electron chi connectivity index (χ0n) is 46.4. The second-order valence-electron chi connectivity index (χ2n) is 25.7. The summed E-state index contributed by atoms with van der Waals surface area (Å²) in [4.78, 5) is 14.7. The highest BCUT2D eigenvalue weighted by molar-refractivity contribution is 5.87. The van der Waals surface area contributed by atoms with E-state index in [1.807, 2.05) is 0 Å². The topological polar surface area (TPSA) is 411 Å². The van der Waals surface area contributed by atoms with Crippen molar-refractivity contribution in [2.24, 2.45) is 46.3 Å². The van der Waals surface area contributed by atoms with Gasteiger partial charge in [0.15, 0.2) is 37.2 Å². The van der Waals surface area contributed by atoms with E-state index in [0.717, 1.165) is 31.3 Å². The molecule has 0 amide bonds. The number of ketones is 1. The molecule has 27 nitrogen and oxygen atoms in total. The predicted octanol–water partition coefficient (Wildman–Crippen LogP) is -4.71. The Morgan fingerprint density at radius 3 is 1.74 bits per heavy atom. The van der Waals surface area contributed by atoms with Crippen LogP contribution in [0.3, 0.4) is 0 Å². The van der Waals surface area contributed by atoms with Crippen LogP contribution >= 0.6 is 0 Å². The Kier molecular flexibility index (Phi) is 18.2. The second-order valence-corrected chi connectivity index (χ2v) is 25.7. The molecule has 0 radical (unpaired) electrons. The summed E-state index contributed by atoms with van der Waals surface area (Å²) in [6.07, 6.45) is -34.6. The molecule has 10 fully saturated rings. The second kappa shape index (κ2) is 24.1. The zero-order valence-corrected chi connectivity index (χ0v) is 46.4. The first kappa shape index (κ1) is 62.0. The van der Waals surface area contributed by atoms with Gasteiger partial charge in [-0.15, -0.1) is 0 Å². The van der Waals surface area contributed by atoms with Gasteiger partial charge in [-0.2, -0.15) is 0 Å². The van der Waals surface area contributed by atoms with Gasteiger partial charge in [-0.05, 0) is 67.6 Å². The van der Waals surface area contributed by atoms with Gasteiger partial charge < -0.3 is 128 Å². The minimum Gasteiger partial charge on any atom is -0.394 e. The molecule has 468 valence electrons. The maximum absolute atomic E-state index is 14.7. The fourth-order valence-electron chi connectivity index (χ4n) is 16.2. The smallest absolute Gasteiger partial charge is 0.187 e. The van der Waals surface area contributed by atoms with E-state index in [1.54, 1.807) is 0 Å². The fraction of sp³-hybridized carbons (Fsp3) is 0.945. The number of hydrogen-bond acceptors (Lipinski definition) is 27. The molecule has 4 aliphatic carbocycles. The van der Waals surface area contributed by atoms with E-state index in [-0.39, 0.29) is 46.9 Å². The molecule has 7 aliphatic heterocycles. The Bertz CT molecular complexity index is 2240. The molecular formula is C55H86O27. The number of hydrogen-bond donors (Lipinski definition) is 14. The lowest BCUT2D eigenvalue weighted by Crippen LogP contribution is -2.69. The number of ether oxygens (including phenoxy) is 12. The Hall–Kier alpha value is -1.63. The molecule has 7 heterocycles. The third-order valence-corrected chi connectivity index (χ3v) is 21.0. The van der Waals surface area contributed by atoms with Crippen molar-refractivity contribution in [1.82, 2.24) is 0 Å². The number of allylic oxidation sites excluding steroid dienone is 1. The van der Waals surface area contributed by atoms with E-state index < -0.39 is 192 Å². The molecule has 0 aromatic rings. The summed E-state index contributed by atoms with van der Waals surface area (Å²) in [5.74, 6) is 0.773. The number of rotatable bonds is 13. The van der Waals surface area contributed by atoms with Gasteiger partial charge in [0.1, 0.15) is 116 Å². The molecule has 11 aliphatic rings. The molecule has 0 unspecified atom stereocenters. The van der Waals surface area contributed by atoms with Crippen LogP contribution in [0.4, 0.5) is 0 Å². The lowest BCUT2D eigenvalue weighted by Gasteiger charge is -2.58. The van der Waals surface area contributed by atoms with E-state index in [4.69, 9.17) is 56.8 Å². The molecule has 0 aromatic heterocycles. The average Bonchev–Trinajstić information content (AvgIpc) is 1.54. The molecule has 14 N–H and O–H groups in total. The maximum atomic E-state index is 14.7. The largest absolute Gasteiger partial charge is 0.394 e. The average molecular weight is 1180 g/mol. The van der Waals surface area contributed by atoms with Crippen molar-refractivity contribution in [3.05, 3.63) is 11.6 Å². The Labute approximate surface area is 473 Å². The molecule has 3 saturated carbocycles. The number of carbonyl (C=O) groups is 1. The van der Waals surface area contributed by atoms with Crippen LogP contribution < -0.4 is 0 Å². The van der Waals surface area contributed by atoms with Crippen LogP contribution in [0.2, 0.25) is 0 Å². The van der Waals surface area contributed by atoms with Gasteiger partial charge in [-0.3, -0.25) is 4.79 Å². The summed E-state index contributed by atoms with van der Waals surface area (Å²) in [6.45, 7) is 5.61. The van der Waals surface area contributed by atoms with Gasteiger partial charge in [0.05, 0.1) is 51.8 Å². The minimum atomic E-state index is -2.13. The summed E-state index contributed by atoms with van der Waals surface area (Å²) in [7, 11) is 0. The zero-order chi connectivity index (χ0) is 58.6. The summed E-state index contributed by atoms with van der Waals surface area (Å²) in [5, 5.41) is 153. The fourth-order valence-corrected chi connectivity index (χ4v) is 16.2. The van der Waals surface area contributed by atoms with Crippen molar-refractivity contribution in [3.63, 3.8) is 0 Å². The van der Waals surface area contributed by atoms with Gasteiger partial charge in [-0.1, -0.05) is 39.3 Å². The standard InChI is InChI=1S/C55H86O27/c1-20-7-10-55(73-17-20)21(2)34-29(82-55)12-26-24-6-5-22-11-23(8-9-53(22,3)25(24)13-33(61)54(26,34)4)74-50-42(69)39(66)44(32(16-58)77-50)78-52-47(46(38(65)31(15-57)76-52)80-49-41(68)36(63)28(60)19-72-49)81-51-43(70)45(37(64)30(14-56)75-51)79-48-40(67)35(62)27(59)18-71-48/h5,20-21,23-32,34-52,56-60,62-70H,6-19H2,1-4H3/t20-,21+,23+,24-,25+,26+,27+,28-,29+,30-,31-,32-,34+,35+,36+,37-,38-,39-,40-,41-,42-,43-,44+,45+,46+,47-,48+,49+,50-,51+,52+,53+,54-,55-/m1/s1. The van der Waals surface area contributed by atoms with Crippen LogP contribution in [0.15, 0.2) is 11.6 Å². The first-order valence-corrected chi connectivity index (χ1v) is 29.3. The summed E-state index contributed by atoms with van der Waals surface area (Å²) >= 11 is 0. The third kappa shape index (κ3) is 10.6. The van der Waals surface area contributed by atoms with Crippen molar-refractivity contribution in [1.29, 1.82) is 0 Å². The predicted molar refractivity (Wildman–Crippen MR) is 269 cm³/mol. The van der Waals surface area contributed by atoms with Crippen LogP contribution in [0.1, 0.15) is 79.1 Å². The number of aliphatic hydroxyl groups excluding tert-OH is 14. The van der Waals surface area contributed by atoms with Gasteiger partial charge >= 0.3 is 0 Å². The van der Waals surface area contributed by atoms with Crippen molar-refractivity contribution in [3.8, 4) is 0 Å². The third-order valence-electron chi connectivity index (χ3n) is 21.0. The highest BCUT2D eigenvalue weighted by Gasteiger charge is 2.72. The lowest BCUT2D eigenvalue weighted by atomic mass is 9.46. The normalized spacial score (nSPS) is 56.0. The van der Waals surface area contributed by atoms with Crippen LogP contribution in [0, 0.1) is 46.3 Å². The van der Waals surface area contributed by atoms with Crippen molar-refractivity contribution in [2.75, 3.05) is 39.6 Å². The highest BCUT2D eigenvalue weighted by Crippen LogP contribution is 2.70. The van der Waals surface area contributed by atoms with E-state index in [1.165, 1.54) is 0 Å². The summed E-state index contributed by atoms with van der Waals surface area (Å²) in [6, 6.07) is 0. The number of Topliss-reactive ketones (excluding diaryl/α,β-unsaturated/α-hetero) is 1. The Morgan fingerprint density at radius 2 is 1.12 bits per heavy atom. The van der Waals surface area contributed by atoms with Crippen molar-refractivity contribution >= 4 is 5.78 Å². The summed E-state index contributed by atoms with van der Waals surface area (Å²) in [5.41, 5.74) is 0.285. The van der Waals surface area contributed by atoms with Crippen LogP contribution in [0.25, 0.3) is 0 Å². The van der Waals surface area contributed by atoms with E-state index in [2.05, 4.69) is 33.8 Å². The molecule has 27 heteroatoms. The molecule has 82 heavy (non-hydrogen) atoms. The van der Waals surface area contributed by atoms with E-state index >= 15 is 0 Å². The first-order valence-electron chi connectivity index (χ1n) is 29.3. The minimum absolute atomic E-state index is 0.0521. The summed E-state index contributed by atoms with van der Waals surface area (Å²) < 4.78 is 72.8. The lowest BCUT2D eigenvalue weighted by molar-refractivity contribution is -0.408. The van der Waals surface area contributed by atoms with Crippen molar-refractivity contribution < 1.29 is 133 Å². The van der Waals surface area contributed by atoms with Crippen molar-refractivity contribution in [2.45, 2.75) is 238 Å². The molecule has 0 bridgehead atoms. The maximum Gasteiger partial charge on any atom is 0.187 e. The van der Waals surface area contributed by atoms with Crippen LogP contribution in [-0.2, 0) is 61.6 Å². The van der Waals surface area contributed by atoms with Crippen LogP contribution in [-0.4, -0.2) is 276 Å². The van der Waals surface area contributed by atoms with Gasteiger partial charge in [0.2, 0.25) is 0 Å². The van der Waals surface area contributed by atoms with Gasteiger partial charge in [0.25, 0.3) is 0 Å². The monoisotopic (exact) mass is 1180 g/mol. The SMILES string of the molecule is C[C@@H]1CC[C@@]2(OC1)O[C@H]1C[C@H]3[C@@H]4CC=C5C[C@@H](O[C@@H]6O[C@H](CO)[C@H](O[C@@H]7O[C@H](CO)[C@@H](O)[C@H](O[C@@H]8OC[C@@H](O)[C@H](O)[C@H]8O)[C@H]7O[C@@H]7O[C@H](CO)[C@@H](O)[C@H](O[C@@H]8OC[C@H](O)[C@H](O)[C@H]8O)[C@H]7O)[C@H](O)[C@H]6O)CC[C@]5(C)[C@H]4CC(=O)[C@]3(C)[C@H]1[C@@H]2C. The Morgan fingerprint density at radius 1 is 0.561 bits per heavy atom. The number of fused-ring (bicyclic) bond motifs is 7. The molecule has 0 aromatic carbocycles. The van der Waals surface area contributed by atoms with Crippen LogP contribution in [0.5, 0.6) is 0 Å². The number of carbonyl (C=O) groups excluding carboxylic acids is 1. The molecular weight excluding hydrogens is 1090 g/mol. The quantitative estimate of drug-likeness (QED) is 0.0771. The molecule has 11 rings (SSSR count). The number of aliphatic hydroxyl groups is 14. The Balaban J connectivity index is 0.796. The van der Waals surface area contributed by atoms with E-state index in [0.29, 0.717) is 38.2 Å². The molecule has 34 atom stereocenters. The first-order chi connectivity index (χ1) is 39.0. The molecule has 1 spiro atoms. The van der Waals surface area contributed by atoms with Gasteiger partial charge in [-0.25, -0.2) is 0 Å².